The summed E-state index contributed by atoms with van der Waals surface area (Å²) in [5, 5.41) is 9.22. The SMILES string of the molecule is CC(C)c1cc(C(=O)N2CC(CO)OCC2C)cc(N)n1. The molecule has 1 saturated heterocycles. The van der Waals surface area contributed by atoms with Crippen LogP contribution in [0.15, 0.2) is 12.1 Å². The minimum Gasteiger partial charge on any atom is -0.394 e. The largest absolute Gasteiger partial charge is 0.394 e. The number of aliphatic hydroxyl groups is 1. The topological polar surface area (TPSA) is 88.7 Å². The molecule has 1 aliphatic heterocycles. The molecule has 0 aliphatic carbocycles. The van der Waals surface area contributed by atoms with Crippen molar-refractivity contribution < 1.29 is 14.6 Å². The van der Waals surface area contributed by atoms with E-state index in [0.29, 0.717) is 24.5 Å². The van der Waals surface area contributed by atoms with Crippen LogP contribution in [0.3, 0.4) is 0 Å². The minimum absolute atomic E-state index is 0.0304. The number of aliphatic hydroxyl groups excluding tert-OH is 1. The van der Waals surface area contributed by atoms with E-state index in [1.807, 2.05) is 20.8 Å². The van der Waals surface area contributed by atoms with Crippen molar-refractivity contribution in [2.24, 2.45) is 0 Å². The third kappa shape index (κ3) is 3.51. The van der Waals surface area contributed by atoms with Crippen molar-refractivity contribution in [1.82, 2.24) is 9.88 Å². The maximum atomic E-state index is 12.7. The Bertz CT molecular complexity index is 519. The van der Waals surface area contributed by atoms with Gasteiger partial charge in [0.15, 0.2) is 0 Å². The summed E-state index contributed by atoms with van der Waals surface area (Å²) >= 11 is 0. The molecule has 6 heteroatoms. The van der Waals surface area contributed by atoms with Crippen molar-refractivity contribution in [1.29, 1.82) is 0 Å². The molecule has 2 rings (SSSR count). The molecule has 1 aromatic rings. The number of hydrogen-bond acceptors (Lipinski definition) is 5. The van der Waals surface area contributed by atoms with Gasteiger partial charge in [-0.1, -0.05) is 13.8 Å². The zero-order chi connectivity index (χ0) is 15.6. The van der Waals surface area contributed by atoms with E-state index in [0.717, 1.165) is 5.69 Å². The Kier molecular flexibility index (Phi) is 4.80. The molecule has 2 heterocycles. The molecule has 0 bridgehead atoms. The van der Waals surface area contributed by atoms with Gasteiger partial charge in [0.25, 0.3) is 5.91 Å². The Morgan fingerprint density at radius 1 is 1.57 bits per heavy atom. The molecule has 21 heavy (non-hydrogen) atoms. The van der Waals surface area contributed by atoms with E-state index < -0.39 is 0 Å². The van der Waals surface area contributed by atoms with Crippen LogP contribution in [0, 0.1) is 0 Å². The number of hydrogen-bond donors (Lipinski definition) is 2. The number of anilines is 1. The maximum absolute atomic E-state index is 12.7. The highest BCUT2D eigenvalue weighted by atomic mass is 16.5. The molecule has 1 aromatic heterocycles. The number of ether oxygens (including phenoxy) is 1. The van der Waals surface area contributed by atoms with Crippen LogP contribution < -0.4 is 5.73 Å². The lowest BCUT2D eigenvalue weighted by molar-refractivity contribution is -0.0667. The number of aromatic nitrogens is 1. The summed E-state index contributed by atoms with van der Waals surface area (Å²) < 4.78 is 5.46. The maximum Gasteiger partial charge on any atom is 0.254 e. The number of nitrogens with zero attached hydrogens (tertiary/aromatic N) is 2. The first-order valence-electron chi connectivity index (χ1n) is 7.23. The molecule has 2 atom stereocenters. The third-order valence-electron chi connectivity index (χ3n) is 3.67. The molecule has 0 aromatic carbocycles. The van der Waals surface area contributed by atoms with Crippen LogP contribution in [0.1, 0.15) is 42.7 Å². The summed E-state index contributed by atoms with van der Waals surface area (Å²) in [5.74, 6) is 0.455. The minimum atomic E-state index is -0.325. The van der Waals surface area contributed by atoms with Gasteiger partial charge in [-0.05, 0) is 25.0 Å². The number of nitrogen functional groups attached to an aromatic ring is 1. The summed E-state index contributed by atoms with van der Waals surface area (Å²) in [6.07, 6.45) is -0.325. The first-order chi connectivity index (χ1) is 9.92. The lowest BCUT2D eigenvalue weighted by Crippen LogP contribution is -2.52. The number of carbonyl (C=O) groups is 1. The zero-order valence-electron chi connectivity index (χ0n) is 12.7. The smallest absolute Gasteiger partial charge is 0.254 e. The van der Waals surface area contributed by atoms with E-state index in [-0.39, 0.29) is 30.6 Å². The van der Waals surface area contributed by atoms with Crippen molar-refractivity contribution >= 4 is 11.7 Å². The molecule has 1 fully saturated rings. The summed E-state index contributed by atoms with van der Waals surface area (Å²) in [5.41, 5.74) is 7.15. The predicted octanol–water partition coefficient (Wildman–Crippen LogP) is 1.01. The van der Waals surface area contributed by atoms with Crippen molar-refractivity contribution in [2.45, 2.75) is 38.8 Å². The highest BCUT2D eigenvalue weighted by Crippen LogP contribution is 2.20. The van der Waals surface area contributed by atoms with Crippen LogP contribution in [-0.4, -0.2) is 52.8 Å². The van der Waals surface area contributed by atoms with Crippen LogP contribution in [0.5, 0.6) is 0 Å². The zero-order valence-corrected chi connectivity index (χ0v) is 12.7. The Labute approximate surface area is 124 Å². The molecule has 2 unspecified atom stereocenters. The average molecular weight is 293 g/mol. The fraction of sp³-hybridized carbons (Fsp3) is 0.600. The predicted molar refractivity (Wildman–Crippen MR) is 80.1 cm³/mol. The number of amides is 1. The van der Waals surface area contributed by atoms with Crippen LogP contribution in [0.25, 0.3) is 0 Å². The van der Waals surface area contributed by atoms with Gasteiger partial charge in [0.1, 0.15) is 5.82 Å². The Morgan fingerprint density at radius 3 is 2.90 bits per heavy atom. The summed E-state index contributed by atoms with van der Waals surface area (Å²) in [6, 6.07) is 3.36. The number of rotatable bonds is 3. The number of nitrogens with two attached hydrogens (primary N) is 1. The van der Waals surface area contributed by atoms with Crippen molar-refractivity contribution in [3.8, 4) is 0 Å². The first-order valence-corrected chi connectivity index (χ1v) is 7.23. The molecular formula is C15H23N3O3. The second-order valence-electron chi connectivity index (χ2n) is 5.80. The third-order valence-corrected chi connectivity index (χ3v) is 3.67. The fourth-order valence-electron chi connectivity index (χ4n) is 2.37. The van der Waals surface area contributed by atoms with Gasteiger partial charge in [-0.3, -0.25) is 4.79 Å². The van der Waals surface area contributed by atoms with Crippen molar-refractivity contribution in [3.63, 3.8) is 0 Å². The van der Waals surface area contributed by atoms with E-state index in [1.165, 1.54) is 0 Å². The van der Waals surface area contributed by atoms with Crippen molar-refractivity contribution in [3.05, 3.63) is 23.4 Å². The van der Waals surface area contributed by atoms with Gasteiger partial charge in [0.2, 0.25) is 0 Å². The lowest BCUT2D eigenvalue weighted by atomic mass is 10.1. The molecule has 0 radical (unpaired) electrons. The average Bonchev–Trinajstić information content (AvgIpc) is 2.46. The van der Waals surface area contributed by atoms with Crippen LogP contribution in [0.2, 0.25) is 0 Å². The van der Waals surface area contributed by atoms with Gasteiger partial charge in [-0.2, -0.15) is 0 Å². The first kappa shape index (κ1) is 15.7. The Balaban J connectivity index is 2.26. The molecular weight excluding hydrogens is 270 g/mol. The molecule has 0 spiro atoms. The fourth-order valence-corrected chi connectivity index (χ4v) is 2.37. The van der Waals surface area contributed by atoms with Crippen LogP contribution in [-0.2, 0) is 4.74 Å². The Hall–Kier alpha value is -1.66. The normalized spacial score (nSPS) is 22.6. The molecule has 116 valence electrons. The van der Waals surface area contributed by atoms with Crippen LogP contribution >= 0.6 is 0 Å². The van der Waals surface area contributed by atoms with Gasteiger partial charge in [0, 0.05) is 17.8 Å². The van der Waals surface area contributed by atoms with E-state index >= 15 is 0 Å². The van der Waals surface area contributed by atoms with Gasteiger partial charge in [-0.15, -0.1) is 0 Å². The highest BCUT2D eigenvalue weighted by Gasteiger charge is 2.30. The lowest BCUT2D eigenvalue weighted by Gasteiger charge is -2.37. The van der Waals surface area contributed by atoms with Gasteiger partial charge in [-0.25, -0.2) is 4.98 Å². The molecule has 1 amide bonds. The molecule has 6 nitrogen and oxygen atoms in total. The second kappa shape index (κ2) is 6.41. The van der Waals surface area contributed by atoms with E-state index in [2.05, 4.69) is 4.98 Å². The van der Waals surface area contributed by atoms with Crippen molar-refractivity contribution in [2.75, 3.05) is 25.5 Å². The van der Waals surface area contributed by atoms with Crippen LogP contribution in [0.4, 0.5) is 5.82 Å². The second-order valence-corrected chi connectivity index (χ2v) is 5.80. The van der Waals surface area contributed by atoms with E-state index in [4.69, 9.17) is 10.5 Å². The van der Waals surface area contributed by atoms with Gasteiger partial charge < -0.3 is 20.5 Å². The molecule has 3 N–H and O–H groups in total. The molecule has 1 aliphatic rings. The molecule has 0 saturated carbocycles. The summed E-state index contributed by atoms with van der Waals surface area (Å²) in [6.45, 7) is 6.67. The number of carbonyl (C=O) groups excluding carboxylic acids is 1. The highest BCUT2D eigenvalue weighted by molar-refractivity contribution is 5.95. The summed E-state index contributed by atoms with van der Waals surface area (Å²) in [4.78, 5) is 18.7. The summed E-state index contributed by atoms with van der Waals surface area (Å²) in [7, 11) is 0. The number of morpholine rings is 1. The number of pyridine rings is 1. The van der Waals surface area contributed by atoms with E-state index in [9.17, 15) is 9.90 Å². The van der Waals surface area contributed by atoms with Gasteiger partial charge in [0.05, 0.1) is 25.4 Å². The monoisotopic (exact) mass is 293 g/mol. The standard InChI is InChI=1S/C15H23N3O3/c1-9(2)13-4-11(5-14(16)17-13)15(20)18-6-12(7-19)21-8-10(18)3/h4-5,9-10,12,19H,6-8H2,1-3H3,(H2,16,17). The quantitative estimate of drug-likeness (QED) is 0.868. The van der Waals surface area contributed by atoms with E-state index in [1.54, 1.807) is 17.0 Å². The Morgan fingerprint density at radius 2 is 2.29 bits per heavy atom. The van der Waals surface area contributed by atoms with Gasteiger partial charge >= 0.3 is 0 Å².